The molecule has 5 heteroatoms. The van der Waals surface area contributed by atoms with Crippen LogP contribution in [0, 0.1) is 6.92 Å². The molecular weight excluding hydrogens is 332 g/mol. The maximum absolute atomic E-state index is 12.1. The number of aryl methyl sites for hydroxylation is 2. The lowest BCUT2D eigenvalue weighted by Crippen LogP contribution is -3.00. The summed E-state index contributed by atoms with van der Waals surface area (Å²) in [5.41, 5.74) is 1.98. The lowest BCUT2D eigenvalue weighted by molar-refractivity contribution is -0.695. The molecule has 0 aliphatic carbocycles. The molecule has 1 heterocycles. The van der Waals surface area contributed by atoms with Crippen molar-refractivity contribution >= 4 is 11.6 Å². The fraction of sp³-hybridized carbons (Fsp3) is 0.250. The number of anilines is 1. The molecule has 0 bridgehead atoms. The van der Waals surface area contributed by atoms with Crippen molar-refractivity contribution in [2.24, 2.45) is 0 Å². The number of hydrogen-bond donors (Lipinski definition) is 1. The summed E-state index contributed by atoms with van der Waals surface area (Å²) in [4.78, 5) is 13.7. The van der Waals surface area contributed by atoms with Gasteiger partial charge in [0, 0.05) is 24.9 Å². The molecule has 112 valence electrons. The van der Waals surface area contributed by atoms with Crippen molar-refractivity contribution in [3.63, 3.8) is 0 Å². The van der Waals surface area contributed by atoms with Crippen molar-refractivity contribution in [1.29, 1.82) is 0 Å². The largest absolute Gasteiger partial charge is 1.00 e. The van der Waals surface area contributed by atoms with Crippen LogP contribution in [0.3, 0.4) is 0 Å². The molecule has 1 amide bonds. The molecule has 0 aliphatic heterocycles. The number of halogens is 1. The van der Waals surface area contributed by atoms with E-state index in [1.165, 1.54) is 5.56 Å². The maximum atomic E-state index is 12.1. The standard InChI is InChI=1S/C16H18N2O2.BrH/c1-13-7-10-18(11-8-13)12-9-16(20)17(2)14-3-5-15(19)6-4-14;/h3-8,10-11H,9,12H2,1-2H3;1H. The van der Waals surface area contributed by atoms with E-state index in [1.807, 2.05) is 36.0 Å². The maximum Gasteiger partial charge on any atom is 0.233 e. The van der Waals surface area contributed by atoms with Crippen LogP contribution in [-0.2, 0) is 11.3 Å². The quantitative estimate of drug-likeness (QED) is 0.722. The molecule has 0 unspecified atom stereocenters. The van der Waals surface area contributed by atoms with Gasteiger partial charge in [-0.05, 0) is 36.8 Å². The van der Waals surface area contributed by atoms with Gasteiger partial charge in [0.1, 0.15) is 5.75 Å². The van der Waals surface area contributed by atoms with Gasteiger partial charge in [-0.25, -0.2) is 4.57 Å². The van der Waals surface area contributed by atoms with Gasteiger partial charge in [-0.3, -0.25) is 4.79 Å². The summed E-state index contributed by atoms with van der Waals surface area (Å²) in [6.07, 6.45) is 4.39. The van der Waals surface area contributed by atoms with E-state index >= 15 is 0 Å². The Morgan fingerprint density at radius 1 is 1.14 bits per heavy atom. The molecule has 2 rings (SSSR count). The SMILES string of the molecule is Cc1cc[n+](CCC(=O)N(C)c2ccc(O)cc2)cc1.[Br-]. The van der Waals surface area contributed by atoms with Gasteiger partial charge in [-0.15, -0.1) is 0 Å². The summed E-state index contributed by atoms with van der Waals surface area (Å²) in [6.45, 7) is 2.69. The predicted octanol–water partition coefficient (Wildman–Crippen LogP) is -0.955. The first-order chi connectivity index (χ1) is 9.56. The lowest BCUT2D eigenvalue weighted by Gasteiger charge is -2.16. The van der Waals surface area contributed by atoms with Crippen LogP contribution in [0.1, 0.15) is 12.0 Å². The second-order valence-electron chi connectivity index (χ2n) is 4.83. The summed E-state index contributed by atoms with van der Waals surface area (Å²) >= 11 is 0. The third kappa shape index (κ3) is 4.86. The predicted molar refractivity (Wildman–Crippen MR) is 77.5 cm³/mol. The number of pyridine rings is 1. The molecule has 0 saturated carbocycles. The van der Waals surface area contributed by atoms with Crippen LogP contribution < -0.4 is 26.4 Å². The first-order valence-electron chi connectivity index (χ1n) is 6.57. The highest BCUT2D eigenvalue weighted by Crippen LogP contribution is 2.17. The van der Waals surface area contributed by atoms with E-state index < -0.39 is 0 Å². The minimum atomic E-state index is 0. The normalized spacial score (nSPS) is 9.81. The fourth-order valence-corrected chi connectivity index (χ4v) is 1.89. The molecule has 0 saturated heterocycles. The number of aromatic nitrogens is 1. The third-order valence-electron chi connectivity index (χ3n) is 3.25. The molecular formula is C16H19BrN2O2. The van der Waals surface area contributed by atoms with Crippen LogP contribution in [0.15, 0.2) is 48.8 Å². The molecule has 2 aromatic rings. The highest BCUT2D eigenvalue weighted by molar-refractivity contribution is 5.92. The van der Waals surface area contributed by atoms with Gasteiger partial charge in [0.05, 0.1) is 6.42 Å². The Labute approximate surface area is 135 Å². The van der Waals surface area contributed by atoms with Crippen LogP contribution >= 0.6 is 0 Å². The number of aromatic hydroxyl groups is 1. The first kappa shape index (κ1) is 17.2. The molecule has 1 aromatic heterocycles. The number of carbonyl (C=O) groups is 1. The second kappa shape index (κ2) is 7.78. The Bertz CT molecular complexity index is 582. The van der Waals surface area contributed by atoms with Gasteiger partial charge in [-0.1, -0.05) is 0 Å². The van der Waals surface area contributed by atoms with Crippen molar-refractivity contribution in [1.82, 2.24) is 0 Å². The highest BCUT2D eigenvalue weighted by Gasteiger charge is 2.13. The van der Waals surface area contributed by atoms with Gasteiger partial charge in [-0.2, -0.15) is 0 Å². The lowest BCUT2D eigenvalue weighted by atomic mass is 10.2. The summed E-state index contributed by atoms with van der Waals surface area (Å²) in [7, 11) is 1.74. The molecule has 4 nitrogen and oxygen atoms in total. The number of rotatable bonds is 4. The molecule has 21 heavy (non-hydrogen) atoms. The van der Waals surface area contributed by atoms with Gasteiger partial charge >= 0.3 is 0 Å². The van der Waals surface area contributed by atoms with E-state index in [4.69, 9.17) is 0 Å². The van der Waals surface area contributed by atoms with E-state index in [0.717, 1.165) is 5.69 Å². The van der Waals surface area contributed by atoms with Gasteiger partial charge in [0.2, 0.25) is 5.91 Å². The first-order valence-corrected chi connectivity index (χ1v) is 6.57. The van der Waals surface area contributed by atoms with Crippen LogP contribution in [0.2, 0.25) is 0 Å². The molecule has 0 radical (unpaired) electrons. The Balaban J connectivity index is 0.00000220. The van der Waals surface area contributed by atoms with Gasteiger partial charge in [0.15, 0.2) is 18.9 Å². The van der Waals surface area contributed by atoms with E-state index in [-0.39, 0.29) is 28.6 Å². The number of nitrogens with zero attached hydrogens (tertiary/aromatic N) is 2. The highest BCUT2D eigenvalue weighted by atomic mass is 79.9. The Morgan fingerprint density at radius 2 is 1.71 bits per heavy atom. The molecule has 0 fully saturated rings. The zero-order valence-electron chi connectivity index (χ0n) is 12.2. The zero-order chi connectivity index (χ0) is 14.5. The van der Waals surface area contributed by atoms with Crippen molar-refractivity contribution < 1.29 is 31.4 Å². The Hall–Kier alpha value is -1.88. The van der Waals surface area contributed by atoms with Crippen LogP contribution in [0.4, 0.5) is 5.69 Å². The zero-order valence-corrected chi connectivity index (χ0v) is 13.7. The number of carbonyl (C=O) groups excluding carboxylic acids is 1. The van der Waals surface area contributed by atoms with Crippen molar-refractivity contribution in [3.05, 3.63) is 54.4 Å². The molecule has 0 spiro atoms. The molecule has 1 aromatic carbocycles. The molecule has 0 atom stereocenters. The molecule has 1 N–H and O–H groups in total. The number of benzene rings is 1. The Kier molecular flexibility index (Phi) is 6.37. The van der Waals surface area contributed by atoms with Crippen molar-refractivity contribution in [2.75, 3.05) is 11.9 Å². The fourth-order valence-electron chi connectivity index (χ4n) is 1.89. The number of phenols is 1. The number of phenolic OH excluding ortho intramolecular Hbond substituents is 1. The van der Waals surface area contributed by atoms with Crippen LogP contribution in [0.5, 0.6) is 5.75 Å². The summed E-state index contributed by atoms with van der Waals surface area (Å²) in [6, 6.07) is 10.7. The minimum absolute atomic E-state index is 0. The average Bonchev–Trinajstić information content (AvgIpc) is 2.46. The number of hydrogen-bond acceptors (Lipinski definition) is 2. The number of amides is 1. The summed E-state index contributed by atoms with van der Waals surface area (Å²) < 4.78 is 2.00. The van der Waals surface area contributed by atoms with Crippen molar-refractivity contribution in [3.8, 4) is 5.75 Å². The third-order valence-corrected chi connectivity index (χ3v) is 3.25. The molecule has 0 aliphatic rings. The van der Waals surface area contributed by atoms with E-state index in [9.17, 15) is 9.90 Å². The van der Waals surface area contributed by atoms with Crippen molar-refractivity contribution in [2.45, 2.75) is 19.9 Å². The van der Waals surface area contributed by atoms with E-state index in [1.54, 1.807) is 36.2 Å². The topological polar surface area (TPSA) is 44.4 Å². The van der Waals surface area contributed by atoms with E-state index in [2.05, 4.69) is 0 Å². The van der Waals surface area contributed by atoms with Crippen LogP contribution in [-0.4, -0.2) is 18.1 Å². The summed E-state index contributed by atoms with van der Waals surface area (Å²) in [5, 5.41) is 9.24. The van der Waals surface area contributed by atoms with Gasteiger partial charge in [0.25, 0.3) is 0 Å². The average molecular weight is 351 g/mol. The summed E-state index contributed by atoms with van der Waals surface area (Å²) in [5.74, 6) is 0.244. The van der Waals surface area contributed by atoms with Crippen LogP contribution in [0.25, 0.3) is 0 Å². The Morgan fingerprint density at radius 3 is 2.29 bits per heavy atom. The minimum Gasteiger partial charge on any atom is -1.00 e. The van der Waals surface area contributed by atoms with E-state index in [0.29, 0.717) is 13.0 Å². The second-order valence-corrected chi connectivity index (χ2v) is 4.83. The monoisotopic (exact) mass is 350 g/mol. The van der Waals surface area contributed by atoms with Gasteiger partial charge < -0.3 is 27.0 Å². The smallest absolute Gasteiger partial charge is 0.233 e.